The first-order valence-corrected chi connectivity index (χ1v) is 10.1. The molecule has 1 aromatic rings. The van der Waals surface area contributed by atoms with Crippen molar-refractivity contribution in [2.75, 3.05) is 38.2 Å². The molecule has 0 aliphatic carbocycles. The first-order chi connectivity index (χ1) is 10.4. The van der Waals surface area contributed by atoms with Crippen molar-refractivity contribution in [1.82, 2.24) is 9.21 Å². The van der Waals surface area contributed by atoms with Gasteiger partial charge >= 0.3 is 0 Å². The average molecular weight is 342 g/mol. The van der Waals surface area contributed by atoms with E-state index in [1.807, 2.05) is 13.2 Å². The predicted molar refractivity (Wildman–Crippen MR) is 89.5 cm³/mol. The standard InChI is InChI=1S/C15H22N2O3S2/c1-13-3-5-14(6-4-13)22(19,20)17-10-8-16(9-11-17)15(18)7-12-21-2/h3-6H,7-12H2,1-2H3. The molecule has 0 spiro atoms. The Morgan fingerprint density at radius 2 is 1.73 bits per heavy atom. The topological polar surface area (TPSA) is 57.7 Å². The maximum Gasteiger partial charge on any atom is 0.243 e. The van der Waals surface area contributed by atoms with Crippen molar-refractivity contribution in [3.8, 4) is 0 Å². The fraction of sp³-hybridized carbons (Fsp3) is 0.533. The van der Waals surface area contributed by atoms with Crippen molar-refractivity contribution in [2.24, 2.45) is 0 Å². The third-order valence-corrected chi connectivity index (χ3v) is 6.30. The second-order valence-electron chi connectivity index (χ2n) is 5.34. The summed E-state index contributed by atoms with van der Waals surface area (Å²) in [5, 5.41) is 0. The number of hydrogen-bond donors (Lipinski definition) is 0. The largest absolute Gasteiger partial charge is 0.340 e. The van der Waals surface area contributed by atoms with Crippen LogP contribution in [-0.2, 0) is 14.8 Å². The number of rotatable bonds is 5. The van der Waals surface area contributed by atoms with E-state index in [2.05, 4.69) is 0 Å². The second-order valence-corrected chi connectivity index (χ2v) is 8.26. The van der Waals surface area contributed by atoms with Crippen LogP contribution in [0.4, 0.5) is 0 Å². The number of hydrogen-bond acceptors (Lipinski definition) is 4. The van der Waals surface area contributed by atoms with Crippen LogP contribution in [0.15, 0.2) is 29.2 Å². The van der Waals surface area contributed by atoms with E-state index in [1.165, 1.54) is 4.31 Å². The highest BCUT2D eigenvalue weighted by molar-refractivity contribution is 7.98. The molecule has 0 aromatic heterocycles. The number of aryl methyl sites for hydroxylation is 1. The van der Waals surface area contributed by atoms with Gasteiger partial charge in [-0.2, -0.15) is 16.1 Å². The number of sulfonamides is 1. The lowest BCUT2D eigenvalue weighted by Gasteiger charge is -2.34. The van der Waals surface area contributed by atoms with Gasteiger partial charge in [0.15, 0.2) is 0 Å². The zero-order valence-electron chi connectivity index (χ0n) is 13.0. The molecule has 0 atom stereocenters. The van der Waals surface area contributed by atoms with Gasteiger partial charge in [0, 0.05) is 38.4 Å². The van der Waals surface area contributed by atoms with Crippen molar-refractivity contribution in [3.63, 3.8) is 0 Å². The molecular formula is C15H22N2O3S2. The van der Waals surface area contributed by atoms with E-state index in [-0.39, 0.29) is 5.91 Å². The summed E-state index contributed by atoms with van der Waals surface area (Å²) in [7, 11) is -3.45. The smallest absolute Gasteiger partial charge is 0.243 e. The van der Waals surface area contributed by atoms with Crippen LogP contribution in [0, 0.1) is 6.92 Å². The van der Waals surface area contributed by atoms with E-state index in [4.69, 9.17) is 0 Å². The quantitative estimate of drug-likeness (QED) is 0.815. The van der Waals surface area contributed by atoms with Gasteiger partial charge in [-0.15, -0.1) is 0 Å². The van der Waals surface area contributed by atoms with Crippen molar-refractivity contribution in [3.05, 3.63) is 29.8 Å². The van der Waals surface area contributed by atoms with E-state index in [9.17, 15) is 13.2 Å². The van der Waals surface area contributed by atoms with Gasteiger partial charge in [-0.3, -0.25) is 4.79 Å². The number of amides is 1. The Kier molecular flexibility index (Phi) is 5.88. The van der Waals surface area contributed by atoms with E-state index < -0.39 is 10.0 Å². The van der Waals surface area contributed by atoms with Crippen LogP contribution in [0.1, 0.15) is 12.0 Å². The Morgan fingerprint density at radius 3 is 2.27 bits per heavy atom. The lowest BCUT2D eigenvalue weighted by molar-refractivity contribution is -0.131. The predicted octanol–water partition coefficient (Wildman–Crippen LogP) is 1.58. The van der Waals surface area contributed by atoms with Gasteiger partial charge < -0.3 is 4.90 Å². The maximum atomic E-state index is 12.6. The molecule has 7 heteroatoms. The van der Waals surface area contributed by atoms with Crippen LogP contribution in [-0.4, -0.2) is 61.7 Å². The molecule has 2 rings (SSSR count). The van der Waals surface area contributed by atoms with E-state index in [1.54, 1.807) is 40.9 Å². The summed E-state index contributed by atoms with van der Waals surface area (Å²) < 4.78 is 26.6. The molecule has 0 N–H and O–H groups in total. The van der Waals surface area contributed by atoms with Crippen LogP contribution < -0.4 is 0 Å². The van der Waals surface area contributed by atoms with Crippen molar-refractivity contribution >= 4 is 27.7 Å². The summed E-state index contributed by atoms with van der Waals surface area (Å²) in [5.41, 5.74) is 1.03. The van der Waals surface area contributed by atoms with Gasteiger partial charge in [0.05, 0.1) is 4.90 Å². The molecule has 0 bridgehead atoms. The summed E-state index contributed by atoms with van der Waals surface area (Å²) in [6.07, 6.45) is 2.49. The molecule has 1 aromatic carbocycles. The first kappa shape index (κ1) is 17.3. The molecule has 0 unspecified atom stereocenters. The number of benzene rings is 1. The Balaban J connectivity index is 1.98. The van der Waals surface area contributed by atoms with Gasteiger partial charge in [-0.1, -0.05) is 17.7 Å². The molecule has 1 fully saturated rings. The van der Waals surface area contributed by atoms with Crippen LogP contribution in [0.2, 0.25) is 0 Å². The molecule has 1 amide bonds. The molecular weight excluding hydrogens is 320 g/mol. The lowest BCUT2D eigenvalue weighted by Crippen LogP contribution is -2.50. The van der Waals surface area contributed by atoms with Crippen molar-refractivity contribution < 1.29 is 13.2 Å². The Labute approximate surface area is 136 Å². The van der Waals surface area contributed by atoms with Gasteiger partial charge in [-0.05, 0) is 25.3 Å². The molecule has 1 aliphatic rings. The lowest BCUT2D eigenvalue weighted by atomic mass is 10.2. The highest BCUT2D eigenvalue weighted by Crippen LogP contribution is 2.18. The van der Waals surface area contributed by atoms with Crippen LogP contribution in [0.25, 0.3) is 0 Å². The van der Waals surface area contributed by atoms with Crippen LogP contribution >= 0.6 is 11.8 Å². The maximum absolute atomic E-state index is 12.6. The van der Waals surface area contributed by atoms with Crippen molar-refractivity contribution in [1.29, 1.82) is 0 Å². The molecule has 1 heterocycles. The average Bonchev–Trinajstić information content (AvgIpc) is 2.53. The summed E-state index contributed by atoms with van der Waals surface area (Å²) >= 11 is 1.64. The minimum Gasteiger partial charge on any atom is -0.340 e. The zero-order valence-corrected chi connectivity index (χ0v) is 14.6. The number of carbonyl (C=O) groups is 1. The second kappa shape index (κ2) is 7.48. The third-order valence-electron chi connectivity index (χ3n) is 3.77. The number of thioether (sulfide) groups is 1. The monoisotopic (exact) mass is 342 g/mol. The summed E-state index contributed by atoms with van der Waals surface area (Å²) in [5.74, 6) is 0.919. The molecule has 5 nitrogen and oxygen atoms in total. The van der Waals surface area contributed by atoms with E-state index >= 15 is 0 Å². The normalized spacial score (nSPS) is 16.7. The zero-order chi connectivity index (χ0) is 16.2. The number of carbonyl (C=O) groups excluding carboxylic acids is 1. The molecule has 1 aliphatic heterocycles. The number of piperazine rings is 1. The molecule has 122 valence electrons. The van der Waals surface area contributed by atoms with E-state index in [0.717, 1.165) is 11.3 Å². The fourth-order valence-corrected chi connectivity index (χ4v) is 4.19. The van der Waals surface area contributed by atoms with Crippen LogP contribution in [0.3, 0.4) is 0 Å². The van der Waals surface area contributed by atoms with Gasteiger partial charge in [0.25, 0.3) is 0 Å². The highest BCUT2D eigenvalue weighted by atomic mass is 32.2. The SMILES string of the molecule is CSCCC(=O)N1CCN(S(=O)(=O)c2ccc(C)cc2)CC1. The van der Waals surface area contributed by atoms with Gasteiger partial charge in [0.1, 0.15) is 0 Å². The summed E-state index contributed by atoms with van der Waals surface area (Å²) in [6, 6.07) is 6.88. The molecule has 0 saturated carbocycles. The summed E-state index contributed by atoms with van der Waals surface area (Å²) in [4.78, 5) is 14.0. The van der Waals surface area contributed by atoms with Crippen LogP contribution in [0.5, 0.6) is 0 Å². The molecule has 1 saturated heterocycles. The number of nitrogens with zero attached hydrogens (tertiary/aromatic N) is 2. The van der Waals surface area contributed by atoms with Gasteiger partial charge in [-0.25, -0.2) is 8.42 Å². The molecule has 0 radical (unpaired) electrons. The highest BCUT2D eigenvalue weighted by Gasteiger charge is 2.29. The Hall–Kier alpha value is -1.05. The summed E-state index contributed by atoms with van der Waals surface area (Å²) in [6.45, 7) is 3.59. The Morgan fingerprint density at radius 1 is 1.14 bits per heavy atom. The third kappa shape index (κ3) is 4.02. The fourth-order valence-electron chi connectivity index (χ4n) is 2.38. The first-order valence-electron chi connectivity index (χ1n) is 7.28. The minimum atomic E-state index is -3.45. The Bertz CT molecular complexity index is 606. The molecule has 22 heavy (non-hydrogen) atoms. The van der Waals surface area contributed by atoms with Crippen molar-refractivity contribution in [2.45, 2.75) is 18.2 Å². The minimum absolute atomic E-state index is 0.113. The van der Waals surface area contributed by atoms with E-state index in [0.29, 0.717) is 37.5 Å². The van der Waals surface area contributed by atoms with Gasteiger partial charge in [0.2, 0.25) is 15.9 Å².